The largest absolute Gasteiger partial charge is 0.493 e. The highest BCUT2D eigenvalue weighted by molar-refractivity contribution is 5.65. The maximum absolute atomic E-state index is 10.6. The van der Waals surface area contributed by atoms with E-state index in [0.29, 0.717) is 37.1 Å². The van der Waals surface area contributed by atoms with Gasteiger partial charge < -0.3 is 19.3 Å². The lowest BCUT2D eigenvalue weighted by Crippen LogP contribution is -2.35. The number of aromatic nitrogens is 2. The van der Waals surface area contributed by atoms with E-state index in [4.69, 9.17) is 19.3 Å². The molecule has 2 aromatic carbocycles. The number of nitrogens with zero attached hydrogens (tertiary/aromatic N) is 3. The average molecular weight is 468 g/mol. The molecule has 1 heterocycles. The number of para-hydroxylation sites is 2. The molecule has 0 radical (unpaired) electrons. The number of rotatable bonds is 13. The van der Waals surface area contributed by atoms with Crippen molar-refractivity contribution in [1.29, 1.82) is 0 Å². The van der Waals surface area contributed by atoms with Crippen molar-refractivity contribution in [3.63, 3.8) is 0 Å². The van der Waals surface area contributed by atoms with Crippen molar-refractivity contribution < 1.29 is 19.3 Å². The fourth-order valence-electron chi connectivity index (χ4n) is 3.89. The number of hydrogen-bond acceptors (Lipinski definition) is 6. The number of hydrogen-bond donors (Lipinski definition) is 1. The van der Waals surface area contributed by atoms with Crippen molar-refractivity contribution in [2.75, 3.05) is 26.8 Å². The minimum Gasteiger partial charge on any atom is -0.493 e. The second-order valence-corrected chi connectivity index (χ2v) is 8.65. The minimum absolute atomic E-state index is 0.0816. The topological polar surface area (TPSA) is 69.0 Å². The first kappa shape index (κ1) is 25.7. The summed E-state index contributed by atoms with van der Waals surface area (Å²) in [4.78, 5) is 2.23. The van der Waals surface area contributed by atoms with Gasteiger partial charge in [-0.3, -0.25) is 4.90 Å². The molecule has 0 spiro atoms. The summed E-state index contributed by atoms with van der Waals surface area (Å²) in [5, 5.41) is 15.4. The maximum Gasteiger partial charge on any atom is 0.222 e. The van der Waals surface area contributed by atoms with Gasteiger partial charge in [0.05, 0.1) is 31.5 Å². The van der Waals surface area contributed by atoms with Crippen LogP contribution in [0.1, 0.15) is 32.8 Å². The summed E-state index contributed by atoms with van der Waals surface area (Å²) in [5.74, 6) is 1.93. The fourth-order valence-corrected chi connectivity index (χ4v) is 3.89. The Hall–Kier alpha value is -2.87. The second-order valence-electron chi connectivity index (χ2n) is 8.65. The van der Waals surface area contributed by atoms with Crippen molar-refractivity contribution in [2.45, 2.75) is 45.9 Å². The third-order valence-corrected chi connectivity index (χ3v) is 5.42. The van der Waals surface area contributed by atoms with Crippen molar-refractivity contribution >= 4 is 0 Å². The smallest absolute Gasteiger partial charge is 0.222 e. The van der Waals surface area contributed by atoms with Gasteiger partial charge in [-0.25, -0.2) is 4.68 Å². The van der Waals surface area contributed by atoms with Gasteiger partial charge >= 0.3 is 0 Å². The van der Waals surface area contributed by atoms with Crippen LogP contribution in [0, 0.1) is 0 Å². The molecule has 34 heavy (non-hydrogen) atoms. The number of aliphatic hydroxyl groups is 1. The zero-order valence-electron chi connectivity index (χ0n) is 20.9. The Bertz CT molecular complexity index is 1020. The summed E-state index contributed by atoms with van der Waals surface area (Å²) in [6.45, 7) is 8.29. The molecule has 0 bridgehead atoms. The summed E-state index contributed by atoms with van der Waals surface area (Å²) in [7, 11) is 3.52. The first-order valence-corrected chi connectivity index (χ1v) is 11.9. The molecular formula is C27H37N3O4. The van der Waals surface area contributed by atoms with Gasteiger partial charge in [-0.05, 0) is 38.9 Å². The Morgan fingerprint density at radius 3 is 2.35 bits per heavy atom. The monoisotopic (exact) mass is 467 g/mol. The number of benzene rings is 2. The molecule has 0 aliphatic heterocycles. The van der Waals surface area contributed by atoms with Crippen LogP contribution >= 0.6 is 0 Å². The van der Waals surface area contributed by atoms with Gasteiger partial charge in [-0.2, -0.15) is 5.10 Å². The van der Waals surface area contributed by atoms with Crippen molar-refractivity contribution in [3.05, 3.63) is 60.2 Å². The van der Waals surface area contributed by atoms with Crippen LogP contribution in [0.4, 0.5) is 0 Å². The van der Waals surface area contributed by atoms with E-state index in [0.717, 1.165) is 29.8 Å². The first-order valence-electron chi connectivity index (χ1n) is 11.9. The zero-order valence-corrected chi connectivity index (χ0v) is 20.9. The molecule has 0 unspecified atom stereocenters. The molecule has 1 atom stereocenters. The number of ether oxygens (including phenoxy) is 3. The predicted molar refractivity (Wildman–Crippen MR) is 134 cm³/mol. The third kappa shape index (κ3) is 6.82. The Labute approximate surface area is 202 Å². The van der Waals surface area contributed by atoms with Crippen LogP contribution < -0.4 is 9.47 Å². The van der Waals surface area contributed by atoms with E-state index in [-0.39, 0.29) is 6.10 Å². The molecule has 0 saturated carbocycles. The van der Waals surface area contributed by atoms with Crippen LogP contribution in [-0.2, 0) is 18.3 Å². The van der Waals surface area contributed by atoms with E-state index in [9.17, 15) is 5.11 Å². The Morgan fingerprint density at radius 1 is 1.03 bits per heavy atom. The molecule has 7 heteroatoms. The zero-order chi connectivity index (χ0) is 24.5. The molecule has 7 nitrogen and oxygen atoms in total. The molecule has 0 aliphatic rings. The quantitative estimate of drug-likeness (QED) is 0.386. The highest BCUT2D eigenvalue weighted by Gasteiger charge is 2.24. The van der Waals surface area contributed by atoms with Gasteiger partial charge in [0.25, 0.3) is 0 Å². The van der Waals surface area contributed by atoms with Gasteiger partial charge in [-0.15, -0.1) is 0 Å². The van der Waals surface area contributed by atoms with Crippen LogP contribution in [-0.4, -0.2) is 58.8 Å². The Balaban J connectivity index is 1.96. The first-order chi connectivity index (χ1) is 16.4. The average Bonchev–Trinajstić information content (AvgIpc) is 3.13. The third-order valence-electron chi connectivity index (χ3n) is 5.42. The van der Waals surface area contributed by atoms with E-state index >= 15 is 0 Å². The van der Waals surface area contributed by atoms with Crippen molar-refractivity contribution in [2.24, 2.45) is 7.05 Å². The van der Waals surface area contributed by atoms with Gasteiger partial charge in [0.2, 0.25) is 5.88 Å². The number of methoxy groups -OCH3 is 1. The van der Waals surface area contributed by atoms with E-state index in [2.05, 4.69) is 11.8 Å². The van der Waals surface area contributed by atoms with E-state index in [1.54, 1.807) is 11.8 Å². The Morgan fingerprint density at radius 2 is 1.71 bits per heavy atom. The van der Waals surface area contributed by atoms with Crippen molar-refractivity contribution in [3.8, 4) is 28.6 Å². The van der Waals surface area contributed by atoms with Gasteiger partial charge in [0.1, 0.15) is 5.69 Å². The maximum atomic E-state index is 10.6. The van der Waals surface area contributed by atoms with E-state index in [1.165, 1.54) is 0 Å². The lowest BCUT2D eigenvalue weighted by Gasteiger charge is -2.25. The standard InChI is InChI=1S/C27H37N3O4/c1-6-16-30(17-22(31)19-33-20(2)3)18-23-26(21-12-8-7-9-13-21)28-29(4)27(23)34-25-15-11-10-14-24(25)32-5/h7-15,20,22,31H,6,16-19H2,1-5H3/t22-/m1/s1. The molecule has 3 rings (SSSR count). The van der Waals surface area contributed by atoms with Crippen LogP contribution in [0.15, 0.2) is 54.6 Å². The number of aliphatic hydroxyl groups excluding tert-OH is 1. The molecule has 0 aliphatic carbocycles. The van der Waals surface area contributed by atoms with Crippen LogP contribution in [0.5, 0.6) is 17.4 Å². The summed E-state index contributed by atoms with van der Waals surface area (Å²) in [6.07, 6.45) is 0.462. The lowest BCUT2D eigenvalue weighted by molar-refractivity contribution is -0.00953. The molecule has 0 amide bonds. The van der Waals surface area contributed by atoms with E-state index < -0.39 is 6.10 Å². The van der Waals surface area contributed by atoms with Crippen LogP contribution in [0.3, 0.4) is 0 Å². The summed E-state index contributed by atoms with van der Waals surface area (Å²) in [5.41, 5.74) is 2.84. The van der Waals surface area contributed by atoms with Gasteiger partial charge in [-0.1, -0.05) is 49.4 Å². The van der Waals surface area contributed by atoms with Gasteiger partial charge in [0, 0.05) is 25.7 Å². The molecule has 1 N–H and O–H groups in total. The molecule has 0 saturated heterocycles. The molecule has 3 aromatic rings. The molecule has 1 aromatic heterocycles. The number of aryl methyl sites for hydroxylation is 1. The van der Waals surface area contributed by atoms with Crippen molar-refractivity contribution in [1.82, 2.24) is 14.7 Å². The predicted octanol–water partition coefficient (Wildman–Crippen LogP) is 4.89. The van der Waals surface area contributed by atoms with Crippen LogP contribution in [0.25, 0.3) is 11.3 Å². The summed E-state index contributed by atoms with van der Waals surface area (Å²) < 4.78 is 19.3. The molecular weight excluding hydrogens is 430 g/mol. The highest BCUT2D eigenvalue weighted by Crippen LogP contribution is 2.37. The lowest BCUT2D eigenvalue weighted by atomic mass is 10.1. The molecule has 0 fully saturated rings. The van der Waals surface area contributed by atoms with E-state index in [1.807, 2.05) is 75.5 Å². The Kier molecular flexibility index (Phi) is 9.51. The fraction of sp³-hybridized carbons (Fsp3) is 0.444. The normalized spacial score (nSPS) is 12.4. The SMILES string of the molecule is CCCN(Cc1c(-c2ccccc2)nn(C)c1Oc1ccccc1OC)C[C@@H](O)COC(C)C. The summed E-state index contributed by atoms with van der Waals surface area (Å²) in [6, 6.07) is 17.7. The van der Waals surface area contributed by atoms with Crippen LogP contribution in [0.2, 0.25) is 0 Å². The minimum atomic E-state index is -0.579. The molecule has 184 valence electrons. The summed E-state index contributed by atoms with van der Waals surface area (Å²) >= 11 is 0. The highest BCUT2D eigenvalue weighted by atomic mass is 16.5. The second kappa shape index (κ2) is 12.6. The van der Waals surface area contributed by atoms with Gasteiger partial charge in [0.15, 0.2) is 11.5 Å².